The van der Waals surface area contributed by atoms with Gasteiger partial charge < -0.3 is 9.47 Å². The lowest BCUT2D eigenvalue weighted by molar-refractivity contribution is -0.115. The largest absolute Gasteiger partial charge is 0.374 e. The second kappa shape index (κ2) is 5.20. The van der Waals surface area contributed by atoms with E-state index in [0.717, 1.165) is 23.4 Å². The predicted molar refractivity (Wildman–Crippen MR) is 73.9 cm³/mol. The number of hydrogen-bond donors (Lipinski definition) is 0. The van der Waals surface area contributed by atoms with E-state index in [0.29, 0.717) is 13.2 Å². The average molecular weight is 269 g/mol. The summed E-state index contributed by atoms with van der Waals surface area (Å²) in [6.07, 6.45) is 2.13. The van der Waals surface area contributed by atoms with Crippen molar-refractivity contribution in [2.24, 2.45) is 0 Å². The Morgan fingerprint density at radius 3 is 2.56 bits per heavy atom. The van der Waals surface area contributed by atoms with Crippen molar-refractivity contribution in [1.82, 2.24) is 0 Å². The quantitative estimate of drug-likeness (QED) is 0.815. The maximum absolute atomic E-state index is 6.09. The molecule has 0 spiro atoms. The highest BCUT2D eigenvalue weighted by Gasteiger charge is 2.40. The highest BCUT2D eigenvalue weighted by molar-refractivity contribution is 6.31. The molecule has 1 aliphatic heterocycles. The number of rotatable bonds is 4. The van der Waals surface area contributed by atoms with Crippen molar-refractivity contribution in [3.05, 3.63) is 34.9 Å². The standard InChI is InChI=1S/C15H21ClO2/c1-14(2)8-9-15(3,18-14)11-17-10-12-6-4-5-7-13(12)16/h4-7H,8-11H2,1-3H3. The van der Waals surface area contributed by atoms with Crippen LogP contribution in [0.4, 0.5) is 0 Å². The summed E-state index contributed by atoms with van der Waals surface area (Å²) in [6.45, 7) is 7.54. The van der Waals surface area contributed by atoms with E-state index < -0.39 is 0 Å². The van der Waals surface area contributed by atoms with Crippen LogP contribution in [-0.4, -0.2) is 17.8 Å². The van der Waals surface area contributed by atoms with Crippen LogP contribution in [0.25, 0.3) is 0 Å². The summed E-state index contributed by atoms with van der Waals surface area (Å²) < 4.78 is 11.8. The fourth-order valence-electron chi connectivity index (χ4n) is 2.43. The van der Waals surface area contributed by atoms with Crippen LogP contribution < -0.4 is 0 Å². The molecule has 2 nitrogen and oxygen atoms in total. The van der Waals surface area contributed by atoms with Gasteiger partial charge in [-0.3, -0.25) is 0 Å². The highest BCUT2D eigenvalue weighted by Crippen LogP contribution is 2.37. The molecule has 1 saturated heterocycles. The normalized spacial score (nSPS) is 26.4. The Kier molecular flexibility index (Phi) is 4.00. The van der Waals surface area contributed by atoms with E-state index in [1.165, 1.54) is 0 Å². The smallest absolute Gasteiger partial charge is 0.0895 e. The maximum atomic E-state index is 6.09. The van der Waals surface area contributed by atoms with E-state index in [1.54, 1.807) is 0 Å². The van der Waals surface area contributed by atoms with E-state index in [2.05, 4.69) is 20.8 Å². The molecule has 0 amide bonds. The Balaban J connectivity index is 1.85. The maximum Gasteiger partial charge on any atom is 0.0895 e. The summed E-state index contributed by atoms with van der Waals surface area (Å²) in [4.78, 5) is 0. The van der Waals surface area contributed by atoms with Crippen LogP contribution >= 0.6 is 11.6 Å². The Labute approximate surface area is 114 Å². The number of hydrogen-bond acceptors (Lipinski definition) is 2. The molecule has 3 heteroatoms. The third-order valence-electron chi connectivity index (χ3n) is 3.40. The van der Waals surface area contributed by atoms with Crippen molar-refractivity contribution in [1.29, 1.82) is 0 Å². The summed E-state index contributed by atoms with van der Waals surface area (Å²) in [6, 6.07) is 7.78. The number of halogens is 1. The molecule has 0 aliphatic carbocycles. The summed E-state index contributed by atoms with van der Waals surface area (Å²) in [7, 11) is 0. The lowest BCUT2D eigenvalue weighted by Crippen LogP contribution is -2.33. The summed E-state index contributed by atoms with van der Waals surface area (Å²) in [5.74, 6) is 0. The SMILES string of the molecule is CC1(C)CCC(C)(COCc2ccccc2Cl)O1. The molecule has 0 saturated carbocycles. The second-order valence-corrected chi connectivity index (χ2v) is 6.30. The molecular weight excluding hydrogens is 248 g/mol. The van der Waals surface area contributed by atoms with Crippen molar-refractivity contribution in [3.63, 3.8) is 0 Å². The first-order chi connectivity index (χ1) is 8.40. The number of ether oxygens (including phenoxy) is 2. The van der Waals surface area contributed by atoms with Gasteiger partial charge in [0, 0.05) is 5.02 Å². The Morgan fingerprint density at radius 1 is 1.22 bits per heavy atom. The summed E-state index contributed by atoms with van der Waals surface area (Å²) >= 11 is 6.09. The molecule has 0 N–H and O–H groups in total. The minimum absolute atomic E-state index is 0.0253. The van der Waals surface area contributed by atoms with Crippen LogP contribution in [0.5, 0.6) is 0 Å². The van der Waals surface area contributed by atoms with E-state index in [1.807, 2.05) is 24.3 Å². The van der Waals surface area contributed by atoms with Crippen molar-refractivity contribution in [3.8, 4) is 0 Å². The molecule has 1 aromatic carbocycles. The fraction of sp³-hybridized carbons (Fsp3) is 0.600. The summed E-state index contributed by atoms with van der Waals surface area (Å²) in [5, 5.41) is 0.760. The molecule has 1 atom stereocenters. The first-order valence-corrected chi connectivity index (χ1v) is 6.79. The van der Waals surface area contributed by atoms with Gasteiger partial charge in [-0.1, -0.05) is 29.8 Å². The first kappa shape index (κ1) is 13.9. The molecule has 2 rings (SSSR count). The van der Waals surface area contributed by atoms with Gasteiger partial charge in [0.15, 0.2) is 0 Å². The van der Waals surface area contributed by atoms with Gasteiger partial charge in [0.25, 0.3) is 0 Å². The molecule has 18 heavy (non-hydrogen) atoms. The summed E-state index contributed by atoms with van der Waals surface area (Å²) in [5.41, 5.74) is 0.841. The topological polar surface area (TPSA) is 18.5 Å². The van der Waals surface area contributed by atoms with Crippen molar-refractivity contribution < 1.29 is 9.47 Å². The molecule has 1 aliphatic rings. The van der Waals surface area contributed by atoms with E-state index >= 15 is 0 Å². The van der Waals surface area contributed by atoms with Crippen LogP contribution in [-0.2, 0) is 16.1 Å². The van der Waals surface area contributed by atoms with Crippen LogP contribution in [0.2, 0.25) is 5.02 Å². The van der Waals surface area contributed by atoms with E-state index in [9.17, 15) is 0 Å². The zero-order valence-corrected chi connectivity index (χ0v) is 12.1. The Morgan fingerprint density at radius 2 is 1.94 bits per heavy atom. The van der Waals surface area contributed by atoms with Crippen LogP contribution in [0.15, 0.2) is 24.3 Å². The number of benzene rings is 1. The van der Waals surface area contributed by atoms with Crippen molar-refractivity contribution in [2.45, 2.75) is 51.4 Å². The third kappa shape index (κ3) is 3.47. The monoisotopic (exact) mass is 268 g/mol. The average Bonchev–Trinajstić information content (AvgIpc) is 2.56. The lowest BCUT2D eigenvalue weighted by atomic mass is 10.0. The molecule has 1 unspecified atom stereocenters. The molecule has 0 radical (unpaired) electrons. The van der Waals surface area contributed by atoms with Crippen molar-refractivity contribution in [2.75, 3.05) is 6.61 Å². The van der Waals surface area contributed by atoms with E-state index in [-0.39, 0.29) is 11.2 Å². The Bertz CT molecular complexity index is 417. The fourth-order valence-corrected chi connectivity index (χ4v) is 2.62. The third-order valence-corrected chi connectivity index (χ3v) is 3.77. The zero-order valence-electron chi connectivity index (χ0n) is 11.3. The Hall–Kier alpha value is -0.570. The van der Waals surface area contributed by atoms with Gasteiger partial charge >= 0.3 is 0 Å². The van der Waals surface area contributed by atoms with Gasteiger partial charge in [0.1, 0.15) is 0 Å². The molecule has 100 valence electrons. The van der Waals surface area contributed by atoms with Gasteiger partial charge in [-0.05, 0) is 45.2 Å². The van der Waals surface area contributed by atoms with Crippen LogP contribution in [0, 0.1) is 0 Å². The van der Waals surface area contributed by atoms with Crippen LogP contribution in [0.1, 0.15) is 39.2 Å². The minimum atomic E-state index is -0.162. The minimum Gasteiger partial charge on any atom is -0.374 e. The van der Waals surface area contributed by atoms with Gasteiger partial charge in [-0.15, -0.1) is 0 Å². The second-order valence-electron chi connectivity index (χ2n) is 5.90. The lowest BCUT2D eigenvalue weighted by Gasteiger charge is -2.27. The zero-order chi connectivity index (χ0) is 13.2. The molecule has 1 heterocycles. The van der Waals surface area contributed by atoms with Crippen molar-refractivity contribution >= 4 is 11.6 Å². The predicted octanol–water partition coefficient (Wildman–Crippen LogP) is 4.20. The molecule has 0 bridgehead atoms. The van der Waals surface area contributed by atoms with Gasteiger partial charge in [-0.25, -0.2) is 0 Å². The van der Waals surface area contributed by atoms with Gasteiger partial charge in [0.05, 0.1) is 24.4 Å². The molecule has 0 aromatic heterocycles. The first-order valence-electron chi connectivity index (χ1n) is 6.42. The van der Waals surface area contributed by atoms with Crippen LogP contribution in [0.3, 0.4) is 0 Å². The molecular formula is C15H21ClO2. The van der Waals surface area contributed by atoms with E-state index in [4.69, 9.17) is 21.1 Å². The van der Waals surface area contributed by atoms with Gasteiger partial charge in [0.2, 0.25) is 0 Å². The highest BCUT2D eigenvalue weighted by atomic mass is 35.5. The van der Waals surface area contributed by atoms with Gasteiger partial charge in [-0.2, -0.15) is 0 Å². The molecule has 1 fully saturated rings. The molecule has 1 aromatic rings.